The zero-order chi connectivity index (χ0) is 15.1. The molecule has 0 bridgehead atoms. The summed E-state index contributed by atoms with van der Waals surface area (Å²) in [5.41, 5.74) is 2.04. The Bertz CT molecular complexity index is 673. The number of sulfonamides is 1. The molecule has 0 aliphatic carbocycles. The highest BCUT2D eigenvalue weighted by Gasteiger charge is 2.03. The maximum atomic E-state index is 11.1. The minimum atomic E-state index is -3.18. The van der Waals surface area contributed by atoms with Gasteiger partial charge in [0.15, 0.2) is 0 Å². The van der Waals surface area contributed by atoms with E-state index in [0.717, 1.165) is 29.0 Å². The predicted octanol–water partition coefficient (Wildman–Crippen LogP) is 2.47. The van der Waals surface area contributed by atoms with Crippen LogP contribution in [0.1, 0.15) is 11.3 Å². The Morgan fingerprint density at radius 3 is 2.67 bits per heavy atom. The van der Waals surface area contributed by atoms with E-state index in [4.69, 9.17) is 0 Å². The molecule has 4 nitrogen and oxygen atoms in total. The van der Waals surface area contributed by atoms with Gasteiger partial charge >= 0.3 is 0 Å². The zero-order valence-corrected chi connectivity index (χ0v) is 13.5. The van der Waals surface area contributed by atoms with Gasteiger partial charge in [-0.05, 0) is 24.1 Å². The van der Waals surface area contributed by atoms with Crippen LogP contribution in [0.4, 0.5) is 0 Å². The molecule has 0 fully saturated rings. The van der Waals surface area contributed by atoms with E-state index in [1.807, 2.05) is 30.3 Å². The second-order valence-corrected chi connectivity index (χ2v) is 7.66. The van der Waals surface area contributed by atoms with Crippen LogP contribution in [0.3, 0.4) is 0 Å². The van der Waals surface area contributed by atoms with E-state index in [1.165, 1.54) is 5.56 Å². The van der Waals surface area contributed by atoms with E-state index in [0.29, 0.717) is 0 Å². The second-order valence-electron chi connectivity index (χ2n) is 4.66. The highest BCUT2D eigenvalue weighted by atomic mass is 32.2. The van der Waals surface area contributed by atoms with Gasteiger partial charge in [0, 0.05) is 16.8 Å². The van der Waals surface area contributed by atoms with E-state index in [9.17, 15) is 8.42 Å². The molecule has 0 aliphatic heterocycles. The highest BCUT2D eigenvalue weighted by Crippen LogP contribution is 2.19. The standard InChI is InChI=1S/C15H18N2O2S2/c1-21(18,19)17-12-14-11-15(7-9-16-14)20-10-8-13-5-3-2-4-6-13/h2-7,9,11,17H,8,10,12H2,1H3. The smallest absolute Gasteiger partial charge is 0.209 e. The molecule has 1 heterocycles. The fourth-order valence-electron chi connectivity index (χ4n) is 1.78. The maximum absolute atomic E-state index is 11.1. The van der Waals surface area contributed by atoms with Gasteiger partial charge in [0.2, 0.25) is 10.0 Å². The van der Waals surface area contributed by atoms with Crippen LogP contribution in [0.25, 0.3) is 0 Å². The van der Waals surface area contributed by atoms with Crippen LogP contribution in [-0.2, 0) is 23.0 Å². The summed E-state index contributed by atoms with van der Waals surface area (Å²) in [6.45, 7) is 0.228. The van der Waals surface area contributed by atoms with Gasteiger partial charge in [-0.3, -0.25) is 4.98 Å². The van der Waals surface area contributed by atoms with Crippen LogP contribution in [0, 0.1) is 0 Å². The fraction of sp³-hybridized carbons (Fsp3) is 0.267. The zero-order valence-electron chi connectivity index (χ0n) is 11.8. The summed E-state index contributed by atoms with van der Waals surface area (Å²) in [5, 5.41) is 0. The Morgan fingerprint density at radius 2 is 1.95 bits per heavy atom. The lowest BCUT2D eigenvalue weighted by Crippen LogP contribution is -2.21. The molecule has 1 aromatic heterocycles. The molecule has 0 unspecified atom stereocenters. The molecule has 1 aromatic carbocycles. The number of benzene rings is 1. The van der Waals surface area contributed by atoms with E-state index in [1.54, 1.807) is 18.0 Å². The number of hydrogen-bond acceptors (Lipinski definition) is 4. The predicted molar refractivity (Wildman–Crippen MR) is 86.8 cm³/mol. The number of aryl methyl sites for hydroxylation is 1. The molecule has 0 saturated carbocycles. The van der Waals surface area contributed by atoms with Gasteiger partial charge in [-0.15, -0.1) is 11.8 Å². The highest BCUT2D eigenvalue weighted by molar-refractivity contribution is 7.99. The number of thioether (sulfide) groups is 1. The normalized spacial score (nSPS) is 11.5. The topological polar surface area (TPSA) is 59.1 Å². The first-order valence-electron chi connectivity index (χ1n) is 6.59. The van der Waals surface area contributed by atoms with E-state index in [2.05, 4.69) is 21.8 Å². The minimum Gasteiger partial charge on any atom is -0.260 e. The van der Waals surface area contributed by atoms with Crippen molar-refractivity contribution in [2.24, 2.45) is 0 Å². The number of nitrogens with zero attached hydrogens (tertiary/aromatic N) is 1. The maximum Gasteiger partial charge on any atom is 0.209 e. The third-order valence-corrected chi connectivity index (χ3v) is 4.47. The summed E-state index contributed by atoms with van der Waals surface area (Å²) in [5.74, 6) is 0.979. The SMILES string of the molecule is CS(=O)(=O)NCc1cc(SCCc2ccccc2)ccn1. The Balaban J connectivity index is 1.86. The summed E-state index contributed by atoms with van der Waals surface area (Å²) in [7, 11) is -3.18. The molecule has 0 spiro atoms. The first-order valence-corrected chi connectivity index (χ1v) is 9.47. The Labute approximate surface area is 130 Å². The number of aromatic nitrogens is 1. The van der Waals surface area contributed by atoms with Gasteiger partial charge in [-0.2, -0.15) is 0 Å². The van der Waals surface area contributed by atoms with Gasteiger partial charge in [0.25, 0.3) is 0 Å². The summed E-state index contributed by atoms with van der Waals surface area (Å²) in [6, 6.07) is 14.2. The van der Waals surface area contributed by atoms with Gasteiger partial charge in [0.1, 0.15) is 0 Å². The molecule has 6 heteroatoms. The average molecular weight is 322 g/mol. The van der Waals surface area contributed by atoms with E-state index >= 15 is 0 Å². The summed E-state index contributed by atoms with van der Waals surface area (Å²) in [4.78, 5) is 5.27. The Morgan fingerprint density at radius 1 is 1.19 bits per heavy atom. The Kier molecular flexibility index (Phi) is 5.78. The van der Waals surface area contributed by atoms with Gasteiger partial charge in [-0.25, -0.2) is 13.1 Å². The summed E-state index contributed by atoms with van der Waals surface area (Å²) in [6.07, 6.45) is 3.86. The van der Waals surface area contributed by atoms with Crippen molar-refractivity contribution >= 4 is 21.8 Å². The molecule has 0 radical (unpaired) electrons. The van der Waals surface area contributed by atoms with Crippen LogP contribution in [0.5, 0.6) is 0 Å². The van der Waals surface area contributed by atoms with Crippen molar-refractivity contribution in [3.63, 3.8) is 0 Å². The number of rotatable bonds is 7. The molecule has 0 saturated heterocycles. The van der Waals surface area contributed by atoms with Crippen molar-refractivity contribution in [3.05, 3.63) is 59.9 Å². The third-order valence-electron chi connectivity index (χ3n) is 2.81. The minimum absolute atomic E-state index is 0.228. The first kappa shape index (κ1) is 16.0. The molecule has 21 heavy (non-hydrogen) atoms. The van der Waals surface area contributed by atoms with Crippen molar-refractivity contribution in [3.8, 4) is 0 Å². The second kappa shape index (κ2) is 7.59. The lowest BCUT2D eigenvalue weighted by molar-refractivity contribution is 0.586. The quantitative estimate of drug-likeness (QED) is 0.796. The lowest BCUT2D eigenvalue weighted by atomic mass is 10.2. The van der Waals surface area contributed by atoms with Crippen molar-refractivity contribution in [1.82, 2.24) is 9.71 Å². The van der Waals surface area contributed by atoms with Crippen LogP contribution in [0.15, 0.2) is 53.6 Å². The molecular weight excluding hydrogens is 304 g/mol. The molecule has 112 valence electrons. The first-order chi connectivity index (χ1) is 10.0. The third kappa shape index (κ3) is 6.29. The largest absolute Gasteiger partial charge is 0.260 e. The lowest BCUT2D eigenvalue weighted by Gasteiger charge is -2.05. The van der Waals surface area contributed by atoms with Crippen molar-refractivity contribution in [2.75, 3.05) is 12.0 Å². The fourth-order valence-corrected chi connectivity index (χ4v) is 3.14. The van der Waals surface area contributed by atoms with Gasteiger partial charge in [0.05, 0.1) is 18.5 Å². The van der Waals surface area contributed by atoms with E-state index < -0.39 is 10.0 Å². The molecule has 2 rings (SSSR count). The number of pyridine rings is 1. The Hall–Kier alpha value is -1.37. The van der Waals surface area contributed by atoms with Crippen LogP contribution in [-0.4, -0.2) is 25.4 Å². The van der Waals surface area contributed by atoms with Crippen LogP contribution < -0.4 is 4.72 Å². The van der Waals surface area contributed by atoms with Crippen LogP contribution in [0.2, 0.25) is 0 Å². The van der Waals surface area contributed by atoms with Crippen molar-refractivity contribution in [2.45, 2.75) is 17.9 Å². The van der Waals surface area contributed by atoms with E-state index in [-0.39, 0.29) is 6.54 Å². The average Bonchev–Trinajstić information content (AvgIpc) is 2.46. The molecule has 0 aliphatic rings. The monoisotopic (exact) mass is 322 g/mol. The van der Waals surface area contributed by atoms with Gasteiger partial charge in [-0.1, -0.05) is 30.3 Å². The number of nitrogens with one attached hydrogen (secondary N) is 1. The van der Waals surface area contributed by atoms with Gasteiger partial charge < -0.3 is 0 Å². The van der Waals surface area contributed by atoms with Crippen molar-refractivity contribution in [1.29, 1.82) is 0 Å². The molecular formula is C15H18N2O2S2. The number of hydrogen-bond donors (Lipinski definition) is 1. The van der Waals surface area contributed by atoms with Crippen molar-refractivity contribution < 1.29 is 8.42 Å². The molecule has 1 N–H and O–H groups in total. The molecule has 2 aromatic rings. The summed E-state index contributed by atoms with van der Waals surface area (Å²) >= 11 is 1.75. The molecule has 0 amide bonds. The summed E-state index contributed by atoms with van der Waals surface area (Å²) < 4.78 is 24.6. The molecule has 0 atom stereocenters. The van der Waals surface area contributed by atoms with Crippen LogP contribution >= 0.6 is 11.8 Å².